The van der Waals surface area contributed by atoms with Crippen LogP contribution in [0.25, 0.3) is 0 Å². The summed E-state index contributed by atoms with van der Waals surface area (Å²) in [5.41, 5.74) is 2.49. The number of H-pyrrole nitrogens is 1. The van der Waals surface area contributed by atoms with Crippen molar-refractivity contribution in [2.75, 3.05) is 32.8 Å². The van der Waals surface area contributed by atoms with Crippen LogP contribution in [0.1, 0.15) is 57.2 Å². The predicted octanol–water partition coefficient (Wildman–Crippen LogP) is 3.51. The van der Waals surface area contributed by atoms with Crippen LogP contribution in [0, 0.1) is 6.92 Å². The molecule has 5 rings (SSSR count). The smallest absolute Gasteiger partial charge is 0.378 e. The van der Waals surface area contributed by atoms with Gasteiger partial charge in [0.05, 0.1) is 24.8 Å². The minimum Gasteiger partial charge on any atom is -0.378 e. The maximum Gasteiger partial charge on any atom is 0.416 e. The van der Waals surface area contributed by atoms with Gasteiger partial charge < -0.3 is 9.64 Å². The minimum atomic E-state index is -4.38. The molecule has 6 nitrogen and oxygen atoms in total. The highest BCUT2D eigenvalue weighted by molar-refractivity contribution is 5.94. The molecule has 3 aliphatic heterocycles. The lowest BCUT2D eigenvalue weighted by molar-refractivity contribution is -0.139. The molecule has 1 N–H and O–H groups in total. The summed E-state index contributed by atoms with van der Waals surface area (Å²) in [6.07, 6.45) is -2.53. The number of carbonyl (C=O) groups excluding carboxylic acids is 1. The number of alkyl halides is 3. The zero-order chi connectivity index (χ0) is 22.5. The number of aromatic nitrogens is 2. The van der Waals surface area contributed by atoms with E-state index < -0.39 is 11.7 Å². The summed E-state index contributed by atoms with van der Waals surface area (Å²) in [4.78, 5) is 17.3. The number of likely N-dealkylation sites (tertiary alicyclic amines) is 1. The second-order valence-electron chi connectivity index (χ2n) is 9.04. The number of amides is 1. The van der Waals surface area contributed by atoms with Crippen LogP contribution in [0.5, 0.6) is 0 Å². The van der Waals surface area contributed by atoms with Crippen molar-refractivity contribution in [3.05, 3.63) is 51.8 Å². The number of fused-ring (bicyclic) bond motifs is 1. The highest BCUT2D eigenvalue weighted by atomic mass is 19.4. The second kappa shape index (κ2) is 8.19. The lowest BCUT2D eigenvalue weighted by Crippen LogP contribution is -2.50. The lowest BCUT2D eigenvalue weighted by Gasteiger charge is -2.39. The highest BCUT2D eigenvalue weighted by Gasteiger charge is 2.38. The molecule has 2 saturated heterocycles. The van der Waals surface area contributed by atoms with E-state index >= 15 is 0 Å². The van der Waals surface area contributed by atoms with E-state index in [9.17, 15) is 18.0 Å². The fourth-order valence-corrected chi connectivity index (χ4v) is 5.20. The van der Waals surface area contributed by atoms with Gasteiger partial charge in [-0.05, 0) is 36.8 Å². The number of nitrogens with zero attached hydrogens (tertiary/aromatic N) is 3. The maximum absolute atomic E-state index is 13.6. The van der Waals surface area contributed by atoms with Crippen LogP contribution < -0.4 is 0 Å². The molecule has 0 spiro atoms. The average Bonchev–Trinajstić information content (AvgIpc) is 3.14. The minimum absolute atomic E-state index is 0.132. The molecule has 0 unspecified atom stereocenters. The number of halogens is 3. The van der Waals surface area contributed by atoms with Crippen molar-refractivity contribution < 1.29 is 22.7 Å². The van der Waals surface area contributed by atoms with Gasteiger partial charge in [0, 0.05) is 43.9 Å². The summed E-state index contributed by atoms with van der Waals surface area (Å²) in [5, 5.41) is 7.35. The molecule has 1 aromatic carbocycles. The van der Waals surface area contributed by atoms with E-state index in [2.05, 4.69) is 15.1 Å². The summed E-state index contributed by atoms with van der Waals surface area (Å²) in [7, 11) is 0. The first-order chi connectivity index (χ1) is 15.3. The Kier molecular flexibility index (Phi) is 5.49. The molecule has 3 aliphatic rings. The van der Waals surface area contributed by atoms with E-state index in [1.807, 2.05) is 0 Å². The molecular weight excluding hydrogens is 421 g/mol. The zero-order valence-electron chi connectivity index (χ0n) is 18.0. The molecule has 9 heteroatoms. The topological polar surface area (TPSA) is 61.5 Å². The summed E-state index contributed by atoms with van der Waals surface area (Å²) in [5.74, 6) is -0.342. The standard InChI is InChI=1S/C23H27F3N4O2/c1-14-3-2-4-17(20(14)23(24,25)26)15-5-8-29(9-6-15)22(31)21-18-11-30(16-12-32-13-16)10-7-19(18)27-28-21/h2-4,15-16H,5-13H2,1H3,(H,27,28). The zero-order valence-corrected chi connectivity index (χ0v) is 18.0. The number of piperidine rings is 1. The van der Waals surface area contributed by atoms with E-state index in [1.54, 1.807) is 17.0 Å². The quantitative estimate of drug-likeness (QED) is 0.781. The first-order valence-electron chi connectivity index (χ1n) is 11.2. The van der Waals surface area contributed by atoms with E-state index in [0.717, 1.165) is 37.4 Å². The third-order valence-electron chi connectivity index (χ3n) is 7.11. The van der Waals surface area contributed by atoms with Gasteiger partial charge in [0.2, 0.25) is 0 Å². The summed E-state index contributed by atoms with van der Waals surface area (Å²) in [6, 6.07) is 5.17. The van der Waals surface area contributed by atoms with Crippen molar-refractivity contribution in [3.8, 4) is 0 Å². The maximum atomic E-state index is 13.6. The number of aromatic amines is 1. The second-order valence-corrected chi connectivity index (χ2v) is 9.04. The first kappa shape index (κ1) is 21.5. The van der Waals surface area contributed by atoms with Gasteiger partial charge in [0.1, 0.15) is 0 Å². The van der Waals surface area contributed by atoms with Gasteiger partial charge in [-0.1, -0.05) is 18.2 Å². The van der Waals surface area contributed by atoms with Crippen molar-refractivity contribution in [3.63, 3.8) is 0 Å². The molecule has 0 atom stereocenters. The lowest BCUT2D eigenvalue weighted by atomic mass is 9.84. The van der Waals surface area contributed by atoms with Gasteiger partial charge in [-0.3, -0.25) is 14.8 Å². The third-order valence-corrected chi connectivity index (χ3v) is 7.11. The Hall–Kier alpha value is -2.39. The van der Waals surface area contributed by atoms with Gasteiger partial charge in [-0.2, -0.15) is 18.3 Å². The van der Waals surface area contributed by atoms with E-state index in [4.69, 9.17) is 4.74 Å². The first-order valence-corrected chi connectivity index (χ1v) is 11.2. The van der Waals surface area contributed by atoms with Crippen LogP contribution in [0.4, 0.5) is 13.2 Å². The van der Waals surface area contributed by atoms with E-state index in [1.165, 1.54) is 13.0 Å². The fraction of sp³-hybridized carbons (Fsp3) is 0.565. The van der Waals surface area contributed by atoms with Gasteiger partial charge in [0.25, 0.3) is 5.91 Å². The number of carbonyl (C=O) groups is 1. The molecule has 2 fully saturated rings. The number of ether oxygens (including phenoxy) is 1. The number of nitrogens with one attached hydrogen (secondary N) is 1. The largest absolute Gasteiger partial charge is 0.416 e. The van der Waals surface area contributed by atoms with E-state index in [-0.39, 0.29) is 17.4 Å². The molecule has 32 heavy (non-hydrogen) atoms. The number of aryl methyl sites for hydroxylation is 1. The Morgan fingerprint density at radius 3 is 2.59 bits per heavy atom. The molecule has 0 radical (unpaired) electrons. The predicted molar refractivity (Wildman–Crippen MR) is 111 cm³/mol. The van der Waals surface area contributed by atoms with Crippen molar-refractivity contribution >= 4 is 5.91 Å². The number of hydrogen-bond donors (Lipinski definition) is 1. The number of benzene rings is 1. The van der Waals surface area contributed by atoms with Crippen molar-refractivity contribution in [1.29, 1.82) is 0 Å². The molecule has 1 aromatic heterocycles. The van der Waals surface area contributed by atoms with Crippen LogP contribution in [0.3, 0.4) is 0 Å². The monoisotopic (exact) mass is 448 g/mol. The Bertz CT molecular complexity index is 1010. The van der Waals surface area contributed by atoms with Crippen LogP contribution >= 0.6 is 0 Å². The summed E-state index contributed by atoms with van der Waals surface area (Å²) >= 11 is 0. The normalized spacial score (nSPS) is 20.8. The number of rotatable bonds is 3. The number of hydrogen-bond acceptors (Lipinski definition) is 4. The summed E-state index contributed by atoms with van der Waals surface area (Å²) < 4.78 is 46.2. The van der Waals surface area contributed by atoms with Crippen molar-refractivity contribution in [1.82, 2.24) is 20.0 Å². The van der Waals surface area contributed by atoms with Gasteiger partial charge in [-0.25, -0.2) is 0 Å². The highest BCUT2D eigenvalue weighted by Crippen LogP contribution is 2.40. The summed E-state index contributed by atoms with van der Waals surface area (Å²) in [6.45, 7) is 5.40. The molecule has 2 aromatic rings. The van der Waals surface area contributed by atoms with Crippen LogP contribution in [-0.4, -0.2) is 64.8 Å². The average molecular weight is 448 g/mol. The van der Waals surface area contributed by atoms with E-state index in [0.29, 0.717) is 49.8 Å². The Morgan fingerprint density at radius 1 is 1.19 bits per heavy atom. The van der Waals surface area contributed by atoms with Crippen molar-refractivity contribution in [2.45, 2.75) is 50.9 Å². The van der Waals surface area contributed by atoms with Crippen LogP contribution in [-0.2, 0) is 23.9 Å². The SMILES string of the molecule is Cc1cccc(C2CCN(C(=O)c3n[nH]c4c3CN(C3COC3)CC4)CC2)c1C(F)(F)F. The molecule has 0 saturated carbocycles. The molecular formula is C23H27F3N4O2. The Balaban J connectivity index is 1.29. The Morgan fingerprint density at radius 2 is 1.94 bits per heavy atom. The van der Waals surface area contributed by atoms with Crippen LogP contribution in [0.2, 0.25) is 0 Å². The van der Waals surface area contributed by atoms with Gasteiger partial charge in [0.15, 0.2) is 5.69 Å². The molecule has 1 amide bonds. The Labute approximate surface area is 184 Å². The van der Waals surface area contributed by atoms with Gasteiger partial charge in [-0.15, -0.1) is 0 Å². The molecule has 0 bridgehead atoms. The fourth-order valence-electron chi connectivity index (χ4n) is 5.20. The van der Waals surface area contributed by atoms with Crippen LogP contribution in [0.15, 0.2) is 18.2 Å². The molecule has 172 valence electrons. The van der Waals surface area contributed by atoms with Crippen molar-refractivity contribution in [2.24, 2.45) is 0 Å². The van der Waals surface area contributed by atoms with Gasteiger partial charge >= 0.3 is 6.18 Å². The third kappa shape index (κ3) is 3.81. The molecule has 4 heterocycles. The molecule has 0 aliphatic carbocycles.